The second-order valence-electron chi connectivity index (χ2n) is 4.27. The van der Waals surface area contributed by atoms with E-state index in [0.717, 1.165) is 12.1 Å². The highest BCUT2D eigenvalue weighted by molar-refractivity contribution is 6.37. The third-order valence-corrected chi connectivity index (χ3v) is 3.16. The molecule has 0 heterocycles. The third-order valence-electron chi connectivity index (χ3n) is 2.60. The number of benzene rings is 1. The molecule has 1 atom stereocenters. The van der Waals surface area contributed by atoms with E-state index >= 15 is 0 Å². The minimum Gasteiger partial charge on any atom is -0.481 e. The van der Waals surface area contributed by atoms with Crippen LogP contribution < -0.4 is 10.5 Å². The van der Waals surface area contributed by atoms with Crippen molar-refractivity contribution in [2.75, 3.05) is 5.73 Å². The number of hydrogen-bond donors (Lipinski definition) is 1. The summed E-state index contributed by atoms with van der Waals surface area (Å²) in [5.74, 6) is -12.5. The van der Waals surface area contributed by atoms with Gasteiger partial charge in [-0.05, 0) is 19.1 Å². The maximum Gasteiger partial charge on any atom is 0.460 e. The van der Waals surface area contributed by atoms with E-state index in [1.54, 1.807) is 0 Å². The van der Waals surface area contributed by atoms with Crippen molar-refractivity contribution in [1.29, 1.82) is 0 Å². The van der Waals surface area contributed by atoms with Gasteiger partial charge in [-0.15, -0.1) is 0 Å². The van der Waals surface area contributed by atoms with Crippen molar-refractivity contribution in [1.82, 2.24) is 0 Å². The zero-order valence-electron chi connectivity index (χ0n) is 10.6. The zero-order valence-corrected chi connectivity index (χ0v) is 12.1. The molecule has 0 fully saturated rings. The standard InChI is InChI=1S/C11H8Cl2F7NO/c1-4(9(14,15)10(16,17)11(18,19)20)22-8-6(12)2-5(21)3-7(8)13/h2-4H,21H2,1H3. The van der Waals surface area contributed by atoms with Gasteiger partial charge in [0.15, 0.2) is 11.9 Å². The molecule has 1 rings (SSSR count). The van der Waals surface area contributed by atoms with E-state index in [0.29, 0.717) is 6.92 Å². The van der Waals surface area contributed by atoms with E-state index in [-0.39, 0.29) is 5.69 Å². The van der Waals surface area contributed by atoms with Crippen molar-refractivity contribution >= 4 is 28.9 Å². The lowest BCUT2D eigenvalue weighted by atomic mass is 10.1. The Morgan fingerprint density at radius 2 is 1.41 bits per heavy atom. The minimum atomic E-state index is -6.46. The predicted molar refractivity (Wildman–Crippen MR) is 66.9 cm³/mol. The summed E-state index contributed by atoms with van der Waals surface area (Å²) in [6.07, 6.45) is -9.33. The Hall–Kier alpha value is -1.09. The first-order valence-electron chi connectivity index (χ1n) is 5.45. The maximum atomic E-state index is 13.4. The van der Waals surface area contributed by atoms with Crippen LogP contribution in [0.25, 0.3) is 0 Å². The van der Waals surface area contributed by atoms with Gasteiger partial charge in [0.1, 0.15) is 0 Å². The van der Waals surface area contributed by atoms with Crippen LogP contribution in [0, 0.1) is 0 Å². The fraction of sp³-hybridized carbons (Fsp3) is 0.455. The summed E-state index contributed by atoms with van der Waals surface area (Å²) in [5, 5.41) is -0.828. The Kier molecular flexibility index (Phi) is 5.03. The second kappa shape index (κ2) is 5.84. The molecule has 0 bridgehead atoms. The minimum absolute atomic E-state index is 0.0161. The van der Waals surface area contributed by atoms with Crippen LogP contribution in [0.3, 0.4) is 0 Å². The normalized spacial score (nSPS) is 14.8. The number of nitrogens with two attached hydrogens (primary N) is 1. The largest absolute Gasteiger partial charge is 0.481 e. The molecule has 0 spiro atoms. The molecule has 0 aromatic heterocycles. The molecule has 0 saturated carbocycles. The summed E-state index contributed by atoms with van der Waals surface area (Å²) in [6.45, 7) is 0.336. The zero-order chi connectivity index (χ0) is 17.5. The molecule has 0 aliphatic rings. The summed E-state index contributed by atoms with van der Waals surface area (Å²) < 4.78 is 93.3. The van der Waals surface area contributed by atoms with Gasteiger partial charge in [0.2, 0.25) is 0 Å². The van der Waals surface area contributed by atoms with Gasteiger partial charge in [-0.25, -0.2) is 0 Å². The molecule has 0 aliphatic carbocycles. The smallest absolute Gasteiger partial charge is 0.460 e. The van der Waals surface area contributed by atoms with Crippen LogP contribution in [0.15, 0.2) is 12.1 Å². The number of nitrogen functional groups attached to an aromatic ring is 1. The molecule has 11 heteroatoms. The van der Waals surface area contributed by atoms with Crippen molar-refractivity contribution < 1.29 is 35.5 Å². The third kappa shape index (κ3) is 3.29. The van der Waals surface area contributed by atoms with Gasteiger partial charge in [-0.3, -0.25) is 0 Å². The summed E-state index contributed by atoms with van der Waals surface area (Å²) in [4.78, 5) is 0. The number of rotatable bonds is 4. The molecule has 0 aliphatic heterocycles. The topological polar surface area (TPSA) is 35.2 Å². The summed E-state index contributed by atoms with van der Waals surface area (Å²) in [6, 6.07) is 2.02. The van der Waals surface area contributed by atoms with E-state index in [4.69, 9.17) is 28.9 Å². The summed E-state index contributed by atoms with van der Waals surface area (Å²) >= 11 is 11.2. The lowest BCUT2D eigenvalue weighted by Crippen LogP contribution is -2.58. The SMILES string of the molecule is CC(Oc1c(Cl)cc(N)cc1Cl)C(F)(F)C(F)(F)C(F)(F)F. The van der Waals surface area contributed by atoms with Crippen LogP contribution in [0.5, 0.6) is 5.75 Å². The number of alkyl halides is 7. The lowest BCUT2D eigenvalue weighted by Gasteiger charge is -2.32. The average Bonchev–Trinajstić information content (AvgIpc) is 2.31. The quantitative estimate of drug-likeness (QED) is 0.583. The highest BCUT2D eigenvalue weighted by atomic mass is 35.5. The van der Waals surface area contributed by atoms with Crippen molar-refractivity contribution in [3.8, 4) is 5.75 Å². The van der Waals surface area contributed by atoms with Gasteiger partial charge < -0.3 is 10.5 Å². The molecule has 1 aromatic carbocycles. The Labute approximate surface area is 129 Å². The van der Waals surface area contributed by atoms with Crippen LogP contribution in [0.1, 0.15) is 6.92 Å². The molecule has 1 aromatic rings. The highest BCUT2D eigenvalue weighted by Crippen LogP contribution is 2.49. The number of anilines is 1. The predicted octanol–water partition coefficient (Wildman–Crippen LogP) is 5.18. The lowest BCUT2D eigenvalue weighted by molar-refractivity contribution is -0.367. The van der Waals surface area contributed by atoms with Crippen molar-refractivity contribution in [2.45, 2.75) is 31.0 Å². The molecule has 0 saturated heterocycles. The highest BCUT2D eigenvalue weighted by Gasteiger charge is 2.75. The van der Waals surface area contributed by atoms with Crippen LogP contribution >= 0.6 is 23.2 Å². The first-order valence-corrected chi connectivity index (χ1v) is 6.21. The number of hydrogen-bond acceptors (Lipinski definition) is 2. The average molecular weight is 374 g/mol. The Balaban J connectivity index is 3.15. The number of ether oxygens (including phenoxy) is 1. The van der Waals surface area contributed by atoms with Gasteiger partial charge in [-0.2, -0.15) is 30.7 Å². The summed E-state index contributed by atoms with van der Waals surface area (Å²) in [5.41, 5.74) is 5.35. The molecule has 0 amide bonds. The van der Waals surface area contributed by atoms with Crippen LogP contribution in [0.2, 0.25) is 10.0 Å². The second-order valence-corrected chi connectivity index (χ2v) is 5.08. The van der Waals surface area contributed by atoms with Crippen LogP contribution in [-0.4, -0.2) is 24.1 Å². The molecule has 2 N–H and O–H groups in total. The first kappa shape index (κ1) is 19.0. The fourth-order valence-corrected chi connectivity index (χ4v) is 1.98. The van der Waals surface area contributed by atoms with E-state index in [9.17, 15) is 30.7 Å². The fourth-order valence-electron chi connectivity index (χ4n) is 1.39. The molecule has 126 valence electrons. The molecular formula is C11H8Cl2F7NO. The van der Waals surface area contributed by atoms with Gasteiger partial charge in [0.25, 0.3) is 0 Å². The Morgan fingerprint density at radius 1 is 1.00 bits per heavy atom. The number of halogens is 9. The van der Waals surface area contributed by atoms with Gasteiger partial charge in [0, 0.05) is 5.69 Å². The van der Waals surface area contributed by atoms with Gasteiger partial charge >= 0.3 is 18.0 Å². The van der Waals surface area contributed by atoms with Gasteiger partial charge in [-0.1, -0.05) is 23.2 Å². The van der Waals surface area contributed by atoms with E-state index < -0.39 is 39.9 Å². The maximum absolute atomic E-state index is 13.4. The van der Waals surface area contributed by atoms with E-state index in [2.05, 4.69) is 4.74 Å². The first-order chi connectivity index (χ1) is 9.71. The van der Waals surface area contributed by atoms with Gasteiger partial charge in [0.05, 0.1) is 10.0 Å². The van der Waals surface area contributed by atoms with Crippen molar-refractivity contribution in [3.05, 3.63) is 22.2 Å². The molecule has 1 unspecified atom stereocenters. The molecular weight excluding hydrogens is 366 g/mol. The monoisotopic (exact) mass is 373 g/mol. The van der Waals surface area contributed by atoms with Crippen molar-refractivity contribution in [3.63, 3.8) is 0 Å². The molecule has 22 heavy (non-hydrogen) atoms. The van der Waals surface area contributed by atoms with Crippen LogP contribution in [0.4, 0.5) is 36.4 Å². The summed E-state index contributed by atoms with van der Waals surface area (Å²) in [7, 11) is 0. The van der Waals surface area contributed by atoms with Crippen LogP contribution in [-0.2, 0) is 0 Å². The van der Waals surface area contributed by atoms with Crippen molar-refractivity contribution in [2.24, 2.45) is 0 Å². The Morgan fingerprint density at radius 3 is 1.77 bits per heavy atom. The van der Waals surface area contributed by atoms with E-state index in [1.807, 2.05) is 0 Å². The molecule has 2 nitrogen and oxygen atoms in total. The van der Waals surface area contributed by atoms with E-state index in [1.165, 1.54) is 0 Å². The molecule has 0 radical (unpaired) electrons. The Bertz CT molecular complexity index is 539.